The highest BCUT2D eigenvalue weighted by Crippen LogP contribution is 2.28. The van der Waals surface area contributed by atoms with Crippen LogP contribution in [0.4, 0.5) is 5.69 Å². The van der Waals surface area contributed by atoms with Crippen LogP contribution in [-0.2, 0) is 4.74 Å². The second-order valence-electron chi connectivity index (χ2n) is 3.80. The molecule has 0 radical (unpaired) electrons. The van der Waals surface area contributed by atoms with E-state index in [0.717, 1.165) is 17.8 Å². The average Bonchev–Trinajstić information content (AvgIpc) is 2.25. The van der Waals surface area contributed by atoms with Crippen LogP contribution in [-0.4, -0.2) is 32.4 Å². The standard InChI is InChI=1S/C12H18ClNO2/c1-9(15)10-4-5-12(11(13)8-10)14(2)6-7-16-3/h4-5,8-9,15H,6-7H2,1-3H3. The number of methoxy groups -OCH3 is 1. The summed E-state index contributed by atoms with van der Waals surface area (Å²) in [6, 6.07) is 5.60. The fraction of sp³-hybridized carbons (Fsp3) is 0.500. The zero-order valence-electron chi connectivity index (χ0n) is 9.90. The molecule has 1 rings (SSSR count). The molecule has 1 aromatic rings. The van der Waals surface area contributed by atoms with E-state index in [4.69, 9.17) is 16.3 Å². The highest BCUT2D eigenvalue weighted by Gasteiger charge is 2.08. The van der Waals surface area contributed by atoms with Crippen LogP contribution < -0.4 is 4.90 Å². The van der Waals surface area contributed by atoms with E-state index in [1.54, 1.807) is 20.1 Å². The molecule has 1 aromatic carbocycles. The van der Waals surface area contributed by atoms with Gasteiger partial charge in [0.2, 0.25) is 0 Å². The largest absolute Gasteiger partial charge is 0.389 e. The Bertz CT molecular complexity index is 342. The van der Waals surface area contributed by atoms with Gasteiger partial charge in [0.05, 0.1) is 23.4 Å². The number of aliphatic hydroxyl groups excluding tert-OH is 1. The van der Waals surface area contributed by atoms with Crippen molar-refractivity contribution in [2.45, 2.75) is 13.0 Å². The summed E-state index contributed by atoms with van der Waals surface area (Å²) < 4.78 is 5.01. The van der Waals surface area contributed by atoms with Crippen molar-refractivity contribution in [3.63, 3.8) is 0 Å². The third kappa shape index (κ3) is 3.37. The zero-order chi connectivity index (χ0) is 12.1. The van der Waals surface area contributed by atoms with Gasteiger partial charge in [-0.05, 0) is 24.6 Å². The Morgan fingerprint density at radius 1 is 1.50 bits per heavy atom. The average molecular weight is 244 g/mol. The third-order valence-corrected chi connectivity index (χ3v) is 2.80. The summed E-state index contributed by atoms with van der Waals surface area (Å²) in [5.74, 6) is 0. The Labute approximate surface area is 102 Å². The Morgan fingerprint density at radius 3 is 2.69 bits per heavy atom. The lowest BCUT2D eigenvalue weighted by molar-refractivity contribution is 0.199. The van der Waals surface area contributed by atoms with Crippen LogP contribution >= 0.6 is 11.6 Å². The quantitative estimate of drug-likeness (QED) is 0.863. The minimum Gasteiger partial charge on any atom is -0.389 e. The third-order valence-electron chi connectivity index (χ3n) is 2.50. The summed E-state index contributed by atoms with van der Waals surface area (Å²) >= 11 is 6.15. The maximum Gasteiger partial charge on any atom is 0.0762 e. The van der Waals surface area contributed by atoms with E-state index in [9.17, 15) is 5.11 Å². The van der Waals surface area contributed by atoms with E-state index in [2.05, 4.69) is 0 Å². The number of aliphatic hydroxyl groups is 1. The summed E-state index contributed by atoms with van der Waals surface area (Å²) in [5, 5.41) is 10.1. The van der Waals surface area contributed by atoms with Crippen molar-refractivity contribution in [1.29, 1.82) is 0 Å². The van der Waals surface area contributed by atoms with Crippen molar-refractivity contribution in [1.82, 2.24) is 0 Å². The Morgan fingerprint density at radius 2 is 2.19 bits per heavy atom. The van der Waals surface area contributed by atoms with Crippen molar-refractivity contribution in [3.05, 3.63) is 28.8 Å². The Kier molecular flexibility index (Phi) is 5.06. The highest BCUT2D eigenvalue weighted by atomic mass is 35.5. The van der Waals surface area contributed by atoms with Crippen molar-refractivity contribution in [2.24, 2.45) is 0 Å². The molecule has 16 heavy (non-hydrogen) atoms. The summed E-state index contributed by atoms with van der Waals surface area (Å²) in [5.41, 5.74) is 1.78. The topological polar surface area (TPSA) is 32.7 Å². The first-order valence-corrected chi connectivity index (χ1v) is 5.61. The van der Waals surface area contributed by atoms with Crippen molar-refractivity contribution in [2.75, 3.05) is 32.2 Å². The first kappa shape index (κ1) is 13.3. The molecule has 1 atom stereocenters. The predicted molar refractivity (Wildman–Crippen MR) is 67.2 cm³/mol. The van der Waals surface area contributed by atoms with E-state index in [-0.39, 0.29) is 0 Å². The summed E-state index contributed by atoms with van der Waals surface area (Å²) in [4.78, 5) is 2.03. The van der Waals surface area contributed by atoms with E-state index in [1.807, 2.05) is 24.1 Å². The molecule has 0 saturated heterocycles. The number of anilines is 1. The van der Waals surface area contributed by atoms with Crippen LogP contribution in [0.5, 0.6) is 0 Å². The Hall–Kier alpha value is -0.770. The number of hydrogen-bond acceptors (Lipinski definition) is 3. The number of rotatable bonds is 5. The maximum absolute atomic E-state index is 9.43. The van der Waals surface area contributed by atoms with Gasteiger partial charge in [-0.25, -0.2) is 0 Å². The summed E-state index contributed by atoms with van der Waals surface area (Å²) in [7, 11) is 3.63. The molecule has 90 valence electrons. The minimum atomic E-state index is -0.490. The van der Waals surface area contributed by atoms with Gasteiger partial charge in [0.1, 0.15) is 0 Å². The molecule has 0 amide bonds. The summed E-state index contributed by atoms with van der Waals surface area (Å²) in [6.07, 6.45) is -0.490. The molecule has 1 N–H and O–H groups in total. The minimum absolute atomic E-state index is 0.490. The fourth-order valence-corrected chi connectivity index (χ4v) is 1.77. The van der Waals surface area contributed by atoms with Crippen LogP contribution in [0.1, 0.15) is 18.6 Å². The molecular weight excluding hydrogens is 226 g/mol. The summed E-state index contributed by atoms with van der Waals surface area (Å²) in [6.45, 7) is 3.16. The SMILES string of the molecule is COCCN(C)c1ccc(C(C)O)cc1Cl. The second-order valence-corrected chi connectivity index (χ2v) is 4.21. The molecule has 0 spiro atoms. The van der Waals surface area contributed by atoms with Crippen LogP contribution in [0.3, 0.4) is 0 Å². The van der Waals surface area contributed by atoms with E-state index < -0.39 is 6.10 Å². The van der Waals surface area contributed by atoms with Crippen LogP contribution in [0, 0.1) is 0 Å². The molecule has 3 nitrogen and oxygen atoms in total. The molecule has 0 saturated carbocycles. The maximum atomic E-state index is 9.43. The first-order valence-electron chi connectivity index (χ1n) is 5.24. The first-order chi connectivity index (χ1) is 7.56. The lowest BCUT2D eigenvalue weighted by Crippen LogP contribution is -2.22. The highest BCUT2D eigenvalue weighted by molar-refractivity contribution is 6.33. The predicted octanol–water partition coefficient (Wildman–Crippen LogP) is 2.48. The van der Waals surface area contributed by atoms with Crippen molar-refractivity contribution >= 4 is 17.3 Å². The monoisotopic (exact) mass is 243 g/mol. The van der Waals surface area contributed by atoms with Gasteiger partial charge in [-0.3, -0.25) is 0 Å². The molecule has 0 bridgehead atoms. The number of hydrogen-bond donors (Lipinski definition) is 1. The van der Waals surface area contributed by atoms with E-state index >= 15 is 0 Å². The van der Waals surface area contributed by atoms with Crippen molar-refractivity contribution in [3.8, 4) is 0 Å². The van der Waals surface area contributed by atoms with E-state index in [0.29, 0.717) is 11.6 Å². The number of benzene rings is 1. The van der Waals surface area contributed by atoms with Gasteiger partial charge in [-0.1, -0.05) is 17.7 Å². The Balaban J connectivity index is 2.81. The molecule has 0 aliphatic carbocycles. The lowest BCUT2D eigenvalue weighted by Gasteiger charge is -2.21. The smallest absolute Gasteiger partial charge is 0.0762 e. The van der Waals surface area contributed by atoms with Crippen LogP contribution in [0.2, 0.25) is 5.02 Å². The molecule has 0 heterocycles. The van der Waals surface area contributed by atoms with Gasteiger partial charge in [0.25, 0.3) is 0 Å². The molecular formula is C12H18ClNO2. The zero-order valence-corrected chi connectivity index (χ0v) is 10.7. The fourth-order valence-electron chi connectivity index (χ4n) is 1.44. The van der Waals surface area contributed by atoms with Gasteiger partial charge < -0.3 is 14.7 Å². The van der Waals surface area contributed by atoms with E-state index in [1.165, 1.54) is 0 Å². The number of halogens is 1. The molecule has 4 heteroatoms. The van der Waals surface area contributed by atoms with Crippen LogP contribution in [0.15, 0.2) is 18.2 Å². The second kappa shape index (κ2) is 6.09. The normalized spacial score (nSPS) is 12.6. The molecule has 0 fully saturated rings. The molecule has 0 aliphatic rings. The molecule has 0 aliphatic heterocycles. The van der Waals surface area contributed by atoms with Gasteiger partial charge >= 0.3 is 0 Å². The lowest BCUT2D eigenvalue weighted by atomic mass is 10.1. The number of ether oxygens (including phenoxy) is 1. The van der Waals surface area contributed by atoms with Crippen LogP contribution in [0.25, 0.3) is 0 Å². The van der Waals surface area contributed by atoms with Gasteiger partial charge in [-0.2, -0.15) is 0 Å². The molecule has 1 unspecified atom stereocenters. The van der Waals surface area contributed by atoms with Gasteiger partial charge in [0, 0.05) is 20.7 Å². The number of likely N-dealkylation sites (N-methyl/N-ethyl adjacent to an activating group) is 1. The number of nitrogens with zero attached hydrogens (tertiary/aromatic N) is 1. The van der Waals surface area contributed by atoms with Crippen molar-refractivity contribution < 1.29 is 9.84 Å². The van der Waals surface area contributed by atoms with Gasteiger partial charge in [0.15, 0.2) is 0 Å². The van der Waals surface area contributed by atoms with Gasteiger partial charge in [-0.15, -0.1) is 0 Å². The molecule has 0 aromatic heterocycles.